The van der Waals surface area contributed by atoms with E-state index in [-0.39, 0.29) is 5.84 Å². The molecule has 1 aliphatic heterocycles. The van der Waals surface area contributed by atoms with Crippen LogP contribution >= 0.6 is 0 Å². The van der Waals surface area contributed by atoms with Gasteiger partial charge >= 0.3 is 0 Å². The lowest BCUT2D eigenvalue weighted by Gasteiger charge is -2.38. The van der Waals surface area contributed by atoms with Gasteiger partial charge in [0.1, 0.15) is 5.84 Å². The molecule has 3 fully saturated rings. The first-order valence-electron chi connectivity index (χ1n) is 8.01. The van der Waals surface area contributed by atoms with Gasteiger partial charge < -0.3 is 4.90 Å². The summed E-state index contributed by atoms with van der Waals surface area (Å²) >= 11 is 0. The standard InChI is InChI=1S/C14H21N3.C3H8/c1-9-11-8-14(10(2)13(9)14)5-7-17(11)6-4-12(15)16-3;1-3-2/h4,6,9-11,13,15H,3,5,7-8H2,1-2H3;3H2,1-2H3/b6-4-,15-12?;. The minimum atomic E-state index is 0.259. The highest BCUT2D eigenvalue weighted by atomic mass is 15.2. The Morgan fingerprint density at radius 2 is 2.10 bits per heavy atom. The normalized spacial score (nSPS) is 40.9. The molecular formula is C17H29N3. The van der Waals surface area contributed by atoms with Crippen molar-refractivity contribution in [2.24, 2.45) is 28.2 Å². The minimum absolute atomic E-state index is 0.259. The predicted octanol–water partition coefficient (Wildman–Crippen LogP) is 3.96. The highest BCUT2D eigenvalue weighted by Gasteiger charge is 2.71. The molecule has 5 unspecified atom stereocenters. The van der Waals surface area contributed by atoms with E-state index in [0.29, 0.717) is 11.5 Å². The zero-order chi connectivity index (χ0) is 14.9. The smallest absolute Gasteiger partial charge is 0.145 e. The molecular weight excluding hydrogens is 246 g/mol. The Kier molecular flexibility index (Phi) is 4.36. The van der Waals surface area contributed by atoms with Crippen LogP contribution in [0.3, 0.4) is 0 Å². The van der Waals surface area contributed by atoms with Gasteiger partial charge in [-0.15, -0.1) is 0 Å². The maximum atomic E-state index is 7.48. The molecule has 2 saturated carbocycles. The molecule has 0 aromatic rings. The van der Waals surface area contributed by atoms with Gasteiger partial charge in [0.05, 0.1) is 0 Å². The first-order chi connectivity index (χ1) is 9.51. The van der Waals surface area contributed by atoms with E-state index in [1.807, 2.05) is 0 Å². The lowest BCUT2D eigenvalue weighted by Crippen LogP contribution is -2.40. The Bertz CT molecular complexity index is 414. The van der Waals surface area contributed by atoms with Crippen molar-refractivity contribution in [3.8, 4) is 0 Å². The molecule has 0 radical (unpaired) electrons. The fourth-order valence-electron chi connectivity index (χ4n) is 4.68. The summed E-state index contributed by atoms with van der Waals surface area (Å²) in [4.78, 5) is 6.03. The second-order valence-corrected chi connectivity index (χ2v) is 6.73. The van der Waals surface area contributed by atoms with Crippen molar-refractivity contribution < 1.29 is 0 Å². The highest BCUT2D eigenvalue weighted by molar-refractivity contribution is 5.93. The molecule has 0 aromatic heterocycles. The molecule has 5 atom stereocenters. The number of likely N-dealkylation sites (tertiary alicyclic amines) is 1. The number of piperidine rings is 1. The first-order valence-corrected chi connectivity index (χ1v) is 8.01. The number of nitrogens with zero attached hydrogens (tertiary/aromatic N) is 2. The molecule has 3 heteroatoms. The third-order valence-electron chi connectivity index (χ3n) is 5.62. The van der Waals surface area contributed by atoms with Gasteiger partial charge in [-0.05, 0) is 48.8 Å². The largest absolute Gasteiger partial charge is 0.374 e. The Morgan fingerprint density at radius 1 is 1.45 bits per heavy atom. The maximum absolute atomic E-state index is 7.48. The SMILES string of the molecule is C=NC(=N)/C=C\N1CCC23CC1C(C)C2C3C.CCC. The third kappa shape index (κ3) is 2.32. The number of hydrogen-bond donors (Lipinski definition) is 1. The summed E-state index contributed by atoms with van der Waals surface area (Å²) in [6.45, 7) is 13.6. The van der Waals surface area contributed by atoms with E-state index < -0.39 is 0 Å². The monoisotopic (exact) mass is 275 g/mol. The van der Waals surface area contributed by atoms with Crippen molar-refractivity contribution in [1.82, 2.24) is 4.90 Å². The number of hydrogen-bond acceptors (Lipinski definition) is 2. The van der Waals surface area contributed by atoms with Gasteiger partial charge in [0.2, 0.25) is 0 Å². The molecule has 3 nitrogen and oxygen atoms in total. The van der Waals surface area contributed by atoms with Crippen LogP contribution in [0.25, 0.3) is 0 Å². The average Bonchev–Trinajstić information content (AvgIpc) is 2.90. The van der Waals surface area contributed by atoms with Crippen molar-refractivity contribution >= 4 is 12.6 Å². The molecule has 0 aromatic carbocycles. The van der Waals surface area contributed by atoms with Gasteiger partial charge in [-0.2, -0.15) is 0 Å². The summed E-state index contributed by atoms with van der Waals surface area (Å²) in [5.41, 5.74) is 0.693. The van der Waals surface area contributed by atoms with E-state index >= 15 is 0 Å². The highest BCUT2D eigenvalue weighted by Crippen LogP contribution is 2.74. The third-order valence-corrected chi connectivity index (χ3v) is 5.62. The summed E-state index contributed by atoms with van der Waals surface area (Å²) in [5, 5.41) is 7.48. The predicted molar refractivity (Wildman–Crippen MR) is 86.4 cm³/mol. The van der Waals surface area contributed by atoms with Crippen LogP contribution in [0.1, 0.15) is 47.0 Å². The van der Waals surface area contributed by atoms with Crippen molar-refractivity contribution in [3.05, 3.63) is 12.3 Å². The summed E-state index contributed by atoms with van der Waals surface area (Å²) in [6, 6.07) is 0.693. The summed E-state index contributed by atoms with van der Waals surface area (Å²) in [6.07, 6.45) is 7.77. The molecule has 1 heterocycles. The van der Waals surface area contributed by atoms with Gasteiger partial charge in [0, 0.05) is 18.8 Å². The molecule has 3 aliphatic rings. The van der Waals surface area contributed by atoms with Gasteiger partial charge in [-0.1, -0.05) is 34.1 Å². The van der Waals surface area contributed by atoms with Gasteiger partial charge in [0.25, 0.3) is 0 Å². The van der Waals surface area contributed by atoms with E-state index in [1.54, 1.807) is 6.08 Å². The number of rotatable bonds is 2. The van der Waals surface area contributed by atoms with Crippen LogP contribution in [0, 0.1) is 28.6 Å². The second kappa shape index (κ2) is 5.71. The molecule has 1 spiro atoms. The minimum Gasteiger partial charge on any atom is -0.374 e. The molecule has 20 heavy (non-hydrogen) atoms. The zero-order valence-electron chi connectivity index (χ0n) is 13.4. The van der Waals surface area contributed by atoms with Crippen LogP contribution in [-0.4, -0.2) is 30.0 Å². The first kappa shape index (κ1) is 15.3. The Labute approximate surface area is 123 Å². The lowest BCUT2D eigenvalue weighted by atomic mass is 9.88. The average molecular weight is 275 g/mol. The topological polar surface area (TPSA) is 39.5 Å². The van der Waals surface area contributed by atoms with Crippen molar-refractivity contribution in [2.75, 3.05) is 6.54 Å². The van der Waals surface area contributed by atoms with Crippen molar-refractivity contribution in [2.45, 2.75) is 53.0 Å². The Balaban J connectivity index is 0.000000452. The maximum Gasteiger partial charge on any atom is 0.145 e. The molecule has 2 bridgehead atoms. The van der Waals surface area contributed by atoms with E-state index in [1.165, 1.54) is 19.3 Å². The van der Waals surface area contributed by atoms with Gasteiger partial charge in [-0.3, -0.25) is 5.41 Å². The van der Waals surface area contributed by atoms with Crippen molar-refractivity contribution in [3.63, 3.8) is 0 Å². The molecule has 1 N–H and O–H groups in total. The second-order valence-electron chi connectivity index (χ2n) is 6.73. The Hall–Kier alpha value is -1.12. The van der Waals surface area contributed by atoms with E-state index in [2.05, 4.69) is 50.5 Å². The van der Waals surface area contributed by atoms with Crippen LogP contribution in [0.15, 0.2) is 17.3 Å². The molecule has 2 aliphatic carbocycles. The Morgan fingerprint density at radius 3 is 2.70 bits per heavy atom. The van der Waals surface area contributed by atoms with Crippen molar-refractivity contribution in [1.29, 1.82) is 5.41 Å². The van der Waals surface area contributed by atoms with E-state index in [4.69, 9.17) is 5.41 Å². The molecule has 1 saturated heterocycles. The number of aliphatic imine (C=N–C) groups is 1. The quantitative estimate of drug-likeness (QED) is 0.601. The fourth-order valence-corrected chi connectivity index (χ4v) is 4.68. The van der Waals surface area contributed by atoms with E-state index in [9.17, 15) is 0 Å². The lowest BCUT2D eigenvalue weighted by molar-refractivity contribution is 0.146. The molecule has 0 amide bonds. The van der Waals surface area contributed by atoms with Gasteiger partial charge in [-0.25, -0.2) is 4.99 Å². The molecule has 3 rings (SSSR count). The molecule has 112 valence electrons. The van der Waals surface area contributed by atoms with Crippen LogP contribution in [0.2, 0.25) is 0 Å². The van der Waals surface area contributed by atoms with Crippen LogP contribution in [0.5, 0.6) is 0 Å². The zero-order valence-corrected chi connectivity index (χ0v) is 13.4. The van der Waals surface area contributed by atoms with Gasteiger partial charge in [0.15, 0.2) is 0 Å². The summed E-state index contributed by atoms with van der Waals surface area (Å²) in [7, 11) is 0. The number of amidine groups is 1. The van der Waals surface area contributed by atoms with Crippen LogP contribution in [0.4, 0.5) is 0 Å². The van der Waals surface area contributed by atoms with Crippen LogP contribution in [-0.2, 0) is 0 Å². The summed E-state index contributed by atoms with van der Waals surface area (Å²) in [5.74, 6) is 2.98. The summed E-state index contributed by atoms with van der Waals surface area (Å²) < 4.78 is 0. The fraction of sp³-hybridized carbons (Fsp3) is 0.765. The van der Waals surface area contributed by atoms with Crippen LogP contribution < -0.4 is 0 Å². The number of fused-ring (bicyclic) bond motifs is 1. The number of nitrogens with one attached hydrogen (secondary N) is 1. The van der Waals surface area contributed by atoms with E-state index in [0.717, 1.165) is 24.3 Å².